The van der Waals surface area contributed by atoms with Crippen LogP contribution in [0.4, 0.5) is 11.6 Å². The van der Waals surface area contributed by atoms with Crippen LogP contribution in [-0.4, -0.2) is 33.4 Å². The van der Waals surface area contributed by atoms with Gasteiger partial charge < -0.3 is 19.7 Å². The molecule has 1 aliphatic heterocycles. The number of ketones is 1. The van der Waals surface area contributed by atoms with Crippen molar-refractivity contribution in [2.24, 2.45) is 0 Å². The summed E-state index contributed by atoms with van der Waals surface area (Å²) in [5.74, 6) is 1.72. The molecular weight excluding hydrogens is 641 g/mol. The average molecular weight is 668 g/mol. The molecule has 0 bridgehead atoms. The molecule has 188 valence electrons. The first kappa shape index (κ1) is 29.2. The maximum atomic E-state index is 10.0. The summed E-state index contributed by atoms with van der Waals surface area (Å²) in [6.07, 6.45) is 10.4. The molecule has 2 radical (unpaired) electrons. The van der Waals surface area contributed by atoms with Crippen LogP contribution in [0.15, 0.2) is 122 Å². The van der Waals surface area contributed by atoms with Gasteiger partial charge in [0.25, 0.3) is 0 Å². The van der Waals surface area contributed by atoms with Crippen LogP contribution in [0.2, 0.25) is 0 Å². The summed E-state index contributed by atoms with van der Waals surface area (Å²) in [5.41, 5.74) is 2.01. The minimum absolute atomic E-state index is 0. The van der Waals surface area contributed by atoms with Crippen LogP contribution >= 0.6 is 0 Å². The molecule has 37 heavy (non-hydrogen) atoms. The summed E-state index contributed by atoms with van der Waals surface area (Å²) in [5, 5.41) is 8.36. The molecule has 3 aromatic heterocycles. The Kier molecular flexibility index (Phi) is 12.5. The van der Waals surface area contributed by atoms with Crippen LogP contribution in [0, 0.1) is 6.07 Å². The number of nitrogens with zero attached hydrogens (tertiary/aromatic N) is 5. The summed E-state index contributed by atoms with van der Waals surface area (Å²) in [6, 6.07) is 28.5. The Morgan fingerprint density at radius 2 is 1.35 bits per heavy atom. The van der Waals surface area contributed by atoms with Crippen molar-refractivity contribution in [3.63, 3.8) is 0 Å². The van der Waals surface area contributed by atoms with E-state index in [-0.39, 0.29) is 31.6 Å². The predicted molar refractivity (Wildman–Crippen MR) is 144 cm³/mol. The number of carbonyl (C=O) groups is 1. The monoisotopic (exact) mass is 668 g/mol. The van der Waals surface area contributed by atoms with E-state index in [2.05, 4.69) is 21.0 Å². The van der Waals surface area contributed by atoms with Crippen molar-refractivity contribution < 1.29 is 30.0 Å². The van der Waals surface area contributed by atoms with E-state index in [0.717, 1.165) is 22.9 Å². The minimum Gasteiger partial charge on any atom is -0.512 e. The molecule has 0 fully saturated rings. The van der Waals surface area contributed by atoms with Gasteiger partial charge in [0.2, 0.25) is 0 Å². The van der Waals surface area contributed by atoms with E-state index in [0.29, 0.717) is 0 Å². The van der Waals surface area contributed by atoms with Gasteiger partial charge in [0.1, 0.15) is 11.6 Å². The standard InChI is InChI=1S/C12H10BN4.C11H8N.C5H8O2.Ir/c1-3-7-14-11(5-1)16-9-10-17(13-16)12-6-2-4-8-15-12;1-2-6-10(7-3-1)11-8-4-5-9-12-11;1-4(6)3-5(2)7;/h1-10H;1-6,8-9H;3,6H,1-2H3;/q;-1;;. The van der Waals surface area contributed by atoms with Crippen molar-refractivity contribution in [2.75, 3.05) is 9.62 Å². The number of anilines is 2. The fourth-order valence-electron chi connectivity index (χ4n) is 3.01. The third kappa shape index (κ3) is 10.2. The number of pyridine rings is 3. The Hall–Kier alpha value is -4.07. The van der Waals surface area contributed by atoms with Gasteiger partial charge >= 0.3 is 7.55 Å². The van der Waals surface area contributed by atoms with Crippen molar-refractivity contribution in [2.45, 2.75) is 13.8 Å². The van der Waals surface area contributed by atoms with Gasteiger partial charge in [-0.2, -0.15) is 0 Å². The zero-order valence-electron chi connectivity index (χ0n) is 20.5. The minimum atomic E-state index is -0.125. The summed E-state index contributed by atoms with van der Waals surface area (Å²) in [4.78, 5) is 26.7. The van der Waals surface area contributed by atoms with Crippen LogP contribution in [-0.2, 0) is 24.9 Å². The molecule has 4 aromatic rings. The second-order valence-electron chi connectivity index (χ2n) is 7.49. The second kappa shape index (κ2) is 15.8. The van der Waals surface area contributed by atoms with E-state index >= 15 is 0 Å². The first-order valence-electron chi connectivity index (χ1n) is 11.2. The maximum Gasteiger partial charge on any atom is 0.402 e. The molecule has 0 spiro atoms. The Morgan fingerprint density at radius 3 is 1.73 bits per heavy atom. The smallest absolute Gasteiger partial charge is 0.402 e. The SMILES string of the molecule is CC(=O)C=C(C)O.[B]1N(c2ccccn2)C=CN1c1ccccn1.[Ir].[c-]1ccccc1-c1ccccn1. The summed E-state index contributed by atoms with van der Waals surface area (Å²) < 4.78 is 0. The number of hydrogen-bond donors (Lipinski definition) is 1. The number of allylic oxidation sites excluding steroid dienone is 2. The van der Waals surface area contributed by atoms with Crippen LogP contribution in [0.25, 0.3) is 11.3 Å². The third-order valence-electron chi connectivity index (χ3n) is 4.53. The van der Waals surface area contributed by atoms with E-state index < -0.39 is 0 Å². The predicted octanol–water partition coefficient (Wildman–Crippen LogP) is 5.39. The molecule has 1 N–H and O–H groups in total. The molecule has 1 aromatic carbocycles. The van der Waals surface area contributed by atoms with Gasteiger partial charge in [0.15, 0.2) is 5.78 Å². The summed E-state index contributed by atoms with van der Waals surface area (Å²) in [6.45, 7) is 2.85. The number of carbonyl (C=O) groups excluding carboxylic acids is 1. The first-order valence-corrected chi connectivity index (χ1v) is 11.2. The Morgan fingerprint density at radius 1 is 0.811 bits per heavy atom. The number of aromatic nitrogens is 3. The molecule has 9 heteroatoms. The Labute approximate surface area is 231 Å². The van der Waals surface area contributed by atoms with Crippen LogP contribution in [0.1, 0.15) is 13.8 Å². The average Bonchev–Trinajstić information content (AvgIpc) is 3.41. The number of aliphatic hydroxyl groups excluding tert-OH is 1. The normalized spacial score (nSPS) is 11.7. The van der Waals surface area contributed by atoms with E-state index in [1.54, 1.807) is 18.6 Å². The summed E-state index contributed by atoms with van der Waals surface area (Å²) in [7, 11) is 1.95. The van der Waals surface area contributed by atoms with Crippen molar-refractivity contribution >= 4 is 25.0 Å². The van der Waals surface area contributed by atoms with Gasteiger partial charge in [-0.3, -0.25) is 4.79 Å². The number of rotatable bonds is 4. The quantitative estimate of drug-likeness (QED) is 0.135. The molecule has 0 unspecified atom stereocenters. The molecule has 0 amide bonds. The zero-order valence-corrected chi connectivity index (χ0v) is 22.9. The van der Waals surface area contributed by atoms with E-state index in [9.17, 15) is 4.79 Å². The molecule has 5 rings (SSSR count). The molecule has 0 aliphatic carbocycles. The van der Waals surface area contributed by atoms with Crippen LogP contribution in [0.5, 0.6) is 0 Å². The first-order chi connectivity index (χ1) is 17.5. The number of benzene rings is 1. The molecule has 0 saturated carbocycles. The van der Waals surface area contributed by atoms with Gasteiger partial charge in [-0.15, -0.1) is 35.9 Å². The molecule has 7 nitrogen and oxygen atoms in total. The zero-order chi connectivity index (χ0) is 25.6. The van der Waals surface area contributed by atoms with Gasteiger partial charge in [-0.1, -0.05) is 24.3 Å². The maximum absolute atomic E-state index is 10.0. The van der Waals surface area contributed by atoms with Gasteiger partial charge in [-0.05, 0) is 49.9 Å². The van der Waals surface area contributed by atoms with Crippen molar-refractivity contribution in [1.82, 2.24) is 15.0 Å². The third-order valence-corrected chi connectivity index (χ3v) is 4.53. The molecular formula is C28H26BIrN5O2-. The van der Waals surface area contributed by atoms with E-state index in [1.807, 2.05) is 108 Å². The van der Waals surface area contributed by atoms with Gasteiger partial charge in [-0.25, -0.2) is 9.97 Å². The molecule has 4 heterocycles. The Balaban J connectivity index is 0.000000212. The van der Waals surface area contributed by atoms with Crippen molar-refractivity contribution in [3.05, 3.63) is 128 Å². The topological polar surface area (TPSA) is 82.5 Å². The number of aliphatic hydroxyl groups is 1. The van der Waals surface area contributed by atoms with Crippen molar-refractivity contribution in [3.8, 4) is 11.3 Å². The van der Waals surface area contributed by atoms with Crippen LogP contribution < -0.4 is 9.62 Å². The Bertz CT molecular complexity index is 1170. The van der Waals surface area contributed by atoms with Crippen molar-refractivity contribution in [1.29, 1.82) is 0 Å². The van der Waals surface area contributed by atoms with E-state index in [1.165, 1.54) is 19.9 Å². The van der Waals surface area contributed by atoms with Gasteiger partial charge in [0, 0.05) is 57.2 Å². The van der Waals surface area contributed by atoms with Gasteiger partial charge in [0.05, 0.1) is 5.76 Å². The molecule has 1 aliphatic rings. The largest absolute Gasteiger partial charge is 0.512 e. The molecule has 0 saturated heterocycles. The van der Waals surface area contributed by atoms with E-state index in [4.69, 9.17) is 5.11 Å². The fourth-order valence-corrected chi connectivity index (χ4v) is 3.01. The van der Waals surface area contributed by atoms with Crippen LogP contribution in [0.3, 0.4) is 0 Å². The number of hydrogen-bond acceptors (Lipinski definition) is 7. The summed E-state index contributed by atoms with van der Waals surface area (Å²) >= 11 is 0. The molecule has 0 atom stereocenters. The second-order valence-corrected chi connectivity index (χ2v) is 7.49. The fraction of sp³-hybridized carbons (Fsp3) is 0.0714.